The van der Waals surface area contributed by atoms with Crippen molar-refractivity contribution >= 4 is 51.1 Å². The van der Waals surface area contributed by atoms with E-state index in [1.165, 1.54) is 6.92 Å². The summed E-state index contributed by atoms with van der Waals surface area (Å²) in [7, 11) is -4.08. The van der Waals surface area contributed by atoms with Crippen LogP contribution < -0.4 is 4.72 Å². The standard InChI is InChI=1S/C11H18Cl3NO5S/c1-9(16)20-10(5-3-2-4-6-10)7-15-21(17,18)19-8-11(12,13)14/h15H,2-8H2,1H3. The summed E-state index contributed by atoms with van der Waals surface area (Å²) >= 11 is 16.3. The van der Waals surface area contributed by atoms with Gasteiger partial charge in [0.15, 0.2) is 0 Å². The van der Waals surface area contributed by atoms with Crippen LogP contribution in [0.5, 0.6) is 0 Å². The first-order chi connectivity index (χ1) is 9.54. The van der Waals surface area contributed by atoms with Crippen LogP contribution in [-0.4, -0.2) is 36.9 Å². The molecule has 0 bridgehead atoms. The number of halogens is 3. The predicted octanol–water partition coefficient (Wildman–Crippen LogP) is 2.47. The minimum absolute atomic E-state index is 0.0607. The second-order valence-electron chi connectivity index (χ2n) is 4.99. The molecule has 1 aliphatic carbocycles. The van der Waals surface area contributed by atoms with Gasteiger partial charge in [-0.05, 0) is 25.7 Å². The SMILES string of the molecule is CC(=O)OC1(CNS(=O)(=O)OCC(Cl)(Cl)Cl)CCCCC1. The van der Waals surface area contributed by atoms with Gasteiger partial charge in [0.25, 0.3) is 0 Å². The molecule has 0 radical (unpaired) electrons. The molecule has 1 saturated carbocycles. The van der Waals surface area contributed by atoms with Gasteiger partial charge in [-0.15, -0.1) is 0 Å². The van der Waals surface area contributed by atoms with Gasteiger partial charge in [0.1, 0.15) is 12.2 Å². The average molecular weight is 383 g/mol. The topological polar surface area (TPSA) is 81.7 Å². The zero-order valence-electron chi connectivity index (χ0n) is 11.5. The summed E-state index contributed by atoms with van der Waals surface area (Å²) in [5, 5.41) is 0. The highest BCUT2D eigenvalue weighted by molar-refractivity contribution is 7.84. The van der Waals surface area contributed by atoms with E-state index in [4.69, 9.17) is 39.5 Å². The monoisotopic (exact) mass is 381 g/mol. The third-order valence-corrected chi connectivity index (χ3v) is 4.33. The molecule has 0 aliphatic heterocycles. The van der Waals surface area contributed by atoms with Crippen molar-refractivity contribution in [3.8, 4) is 0 Å². The summed E-state index contributed by atoms with van der Waals surface area (Å²) in [5.41, 5.74) is -0.833. The molecular formula is C11H18Cl3NO5S. The summed E-state index contributed by atoms with van der Waals surface area (Å²) in [4.78, 5) is 11.2. The van der Waals surface area contributed by atoms with Crippen molar-refractivity contribution < 1.29 is 22.1 Å². The lowest BCUT2D eigenvalue weighted by molar-refractivity contribution is -0.159. The fraction of sp³-hybridized carbons (Fsp3) is 0.909. The Bertz CT molecular complexity index is 457. The molecule has 10 heteroatoms. The van der Waals surface area contributed by atoms with E-state index in [-0.39, 0.29) is 6.54 Å². The van der Waals surface area contributed by atoms with E-state index in [0.29, 0.717) is 12.8 Å². The van der Waals surface area contributed by atoms with E-state index in [1.54, 1.807) is 0 Å². The quantitative estimate of drug-likeness (QED) is 0.564. The first-order valence-electron chi connectivity index (χ1n) is 6.44. The van der Waals surface area contributed by atoms with Crippen LogP contribution in [0.4, 0.5) is 0 Å². The van der Waals surface area contributed by atoms with E-state index in [0.717, 1.165) is 19.3 Å². The van der Waals surface area contributed by atoms with Crippen molar-refractivity contribution in [3.63, 3.8) is 0 Å². The van der Waals surface area contributed by atoms with Crippen molar-refractivity contribution in [3.05, 3.63) is 0 Å². The molecule has 1 N–H and O–H groups in total. The fourth-order valence-corrected chi connectivity index (χ4v) is 3.43. The van der Waals surface area contributed by atoms with Crippen LogP contribution in [0.3, 0.4) is 0 Å². The normalized spacial score (nSPS) is 19.2. The maximum Gasteiger partial charge on any atom is 0.336 e. The maximum absolute atomic E-state index is 11.7. The predicted molar refractivity (Wildman–Crippen MR) is 80.7 cm³/mol. The lowest BCUT2D eigenvalue weighted by Gasteiger charge is -2.36. The van der Waals surface area contributed by atoms with Crippen LogP contribution in [0.2, 0.25) is 0 Å². The lowest BCUT2D eigenvalue weighted by atomic mass is 9.85. The highest BCUT2D eigenvalue weighted by Gasteiger charge is 2.36. The maximum atomic E-state index is 11.7. The number of nitrogens with one attached hydrogen (secondary N) is 1. The highest BCUT2D eigenvalue weighted by atomic mass is 35.6. The van der Waals surface area contributed by atoms with Crippen LogP contribution in [0.15, 0.2) is 0 Å². The fourth-order valence-electron chi connectivity index (χ4n) is 2.22. The van der Waals surface area contributed by atoms with Crippen molar-refractivity contribution in [2.75, 3.05) is 13.2 Å². The summed E-state index contributed by atoms with van der Waals surface area (Å²) in [6, 6.07) is 0. The lowest BCUT2D eigenvalue weighted by Crippen LogP contribution is -2.47. The van der Waals surface area contributed by atoms with Crippen molar-refractivity contribution in [2.45, 2.75) is 48.4 Å². The molecule has 1 fully saturated rings. The van der Waals surface area contributed by atoms with Crippen LogP contribution in [0.25, 0.3) is 0 Å². The molecule has 0 atom stereocenters. The first kappa shape index (κ1) is 19.3. The zero-order valence-corrected chi connectivity index (χ0v) is 14.6. The number of hydrogen-bond acceptors (Lipinski definition) is 5. The minimum atomic E-state index is -4.08. The molecule has 0 unspecified atom stereocenters. The third kappa shape index (κ3) is 7.85. The second-order valence-corrected chi connectivity index (χ2v) is 8.94. The van der Waals surface area contributed by atoms with Crippen molar-refractivity contribution in [2.24, 2.45) is 0 Å². The number of alkyl halides is 3. The Morgan fingerprint density at radius 1 is 1.24 bits per heavy atom. The van der Waals surface area contributed by atoms with Gasteiger partial charge in [0.05, 0.1) is 6.54 Å². The van der Waals surface area contributed by atoms with Crippen LogP contribution in [-0.2, 0) is 24.0 Å². The highest BCUT2D eigenvalue weighted by Crippen LogP contribution is 2.31. The summed E-state index contributed by atoms with van der Waals surface area (Å²) in [5.74, 6) is -0.446. The minimum Gasteiger partial charge on any atom is -0.458 e. The molecule has 0 aromatic heterocycles. The molecule has 0 amide bonds. The Morgan fingerprint density at radius 2 is 1.81 bits per heavy atom. The molecule has 124 valence electrons. The van der Waals surface area contributed by atoms with Crippen LogP contribution in [0.1, 0.15) is 39.0 Å². The van der Waals surface area contributed by atoms with Gasteiger partial charge in [-0.25, -0.2) is 0 Å². The van der Waals surface area contributed by atoms with Gasteiger partial charge in [-0.3, -0.25) is 8.98 Å². The van der Waals surface area contributed by atoms with Gasteiger partial charge in [0.2, 0.25) is 3.79 Å². The second kappa shape index (κ2) is 7.66. The molecule has 6 nitrogen and oxygen atoms in total. The third-order valence-electron chi connectivity index (χ3n) is 3.07. The molecule has 0 aromatic carbocycles. The molecule has 0 heterocycles. The Labute approximate surface area is 139 Å². The summed E-state index contributed by atoms with van der Waals surface area (Å²) < 4.78 is 33.7. The number of hydrogen-bond donors (Lipinski definition) is 1. The number of ether oxygens (including phenoxy) is 1. The Balaban J connectivity index is 2.61. The van der Waals surface area contributed by atoms with Gasteiger partial charge in [-0.1, -0.05) is 41.2 Å². The smallest absolute Gasteiger partial charge is 0.336 e. The van der Waals surface area contributed by atoms with Crippen molar-refractivity contribution in [1.29, 1.82) is 0 Å². The van der Waals surface area contributed by atoms with Crippen molar-refractivity contribution in [1.82, 2.24) is 4.72 Å². The average Bonchev–Trinajstić information content (AvgIpc) is 2.34. The molecular weight excluding hydrogens is 365 g/mol. The Hall–Kier alpha value is 0.210. The summed E-state index contributed by atoms with van der Waals surface area (Å²) in [6.45, 7) is 0.631. The number of carbonyl (C=O) groups excluding carboxylic acids is 1. The molecule has 21 heavy (non-hydrogen) atoms. The van der Waals surface area contributed by atoms with Crippen LogP contribution in [0, 0.1) is 0 Å². The van der Waals surface area contributed by atoms with Gasteiger partial charge < -0.3 is 4.74 Å². The molecule has 1 rings (SSSR count). The van der Waals surface area contributed by atoms with Gasteiger partial charge in [0, 0.05) is 6.92 Å². The number of rotatable bonds is 6. The van der Waals surface area contributed by atoms with E-state index in [2.05, 4.69) is 8.91 Å². The van der Waals surface area contributed by atoms with E-state index >= 15 is 0 Å². The van der Waals surface area contributed by atoms with E-state index in [1.807, 2.05) is 0 Å². The summed E-state index contributed by atoms with van der Waals surface area (Å²) in [6.07, 6.45) is 3.95. The zero-order chi connectivity index (χ0) is 16.1. The molecule has 0 spiro atoms. The largest absolute Gasteiger partial charge is 0.458 e. The molecule has 1 aliphatic rings. The van der Waals surface area contributed by atoms with Gasteiger partial charge >= 0.3 is 16.3 Å². The van der Waals surface area contributed by atoms with E-state index in [9.17, 15) is 13.2 Å². The van der Waals surface area contributed by atoms with Gasteiger partial charge in [-0.2, -0.15) is 13.1 Å². The van der Waals surface area contributed by atoms with E-state index < -0.39 is 32.3 Å². The number of esters is 1. The first-order valence-corrected chi connectivity index (χ1v) is 8.98. The Morgan fingerprint density at radius 3 is 2.29 bits per heavy atom. The molecule has 0 saturated heterocycles. The Kier molecular flexibility index (Phi) is 7.02. The van der Waals surface area contributed by atoms with Crippen LogP contribution >= 0.6 is 34.8 Å². The molecule has 0 aromatic rings. The number of carbonyl (C=O) groups is 1.